The molecule has 1 aromatic carbocycles. The van der Waals surface area contributed by atoms with Crippen molar-refractivity contribution in [1.29, 1.82) is 0 Å². The molecular formula is C16H20N4O4S3. The number of hydrogen-bond acceptors (Lipinski definition) is 8. The summed E-state index contributed by atoms with van der Waals surface area (Å²) >= 11 is 2.85. The molecule has 1 saturated heterocycles. The molecule has 146 valence electrons. The van der Waals surface area contributed by atoms with Crippen molar-refractivity contribution in [3.8, 4) is 0 Å². The number of hydrogen-bond donors (Lipinski definition) is 1. The Hall–Kier alpha value is -1.53. The van der Waals surface area contributed by atoms with Gasteiger partial charge in [0.25, 0.3) is 5.91 Å². The van der Waals surface area contributed by atoms with E-state index in [2.05, 4.69) is 15.5 Å². The molecule has 0 bridgehead atoms. The predicted molar refractivity (Wildman–Crippen MR) is 105 cm³/mol. The lowest BCUT2D eigenvalue weighted by Crippen LogP contribution is -2.40. The average molecular weight is 429 g/mol. The quantitative estimate of drug-likeness (QED) is 0.556. The van der Waals surface area contributed by atoms with Gasteiger partial charge in [0.05, 0.1) is 18.1 Å². The Morgan fingerprint density at radius 2 is 2.04 bits per heavy atom. The molecule has 8 nitrogen and oxygen atoms in total. The highest BCUT2D eigenvalue weighted by atomic mass is 32.2. The summed E-state index contributed by atoms with van der Waals surface area (Å²) in [5.74, 6) is -0.425. The SMILES string of the molecule is CC(C)Sc1nnc(NC(=O)c2cccc(S(=O)(=O)N3CCOCC3)c2)s1. The fraction of sp³-hybridized carbons (Fsp3) is 0.438. The van der Waals surface area contributed by atoms with Gasteiger partial charge in [0, 0.05) is 23.9 Å². The molecule has 2 heterocycles. The second-order valence-corrected chi connectivity index (χ2v) is 10.8. The summed E-state index contributed by atoms with van der Waals surface area (Å²) in [6.45, 7) is 5.44. The van der Waals surface area contributed by atoms with Crippen LogP contribution < -0.4 is 5.32 Å². The Bertz CT molecular complexity index is 908. The highest BCUT2D eigenvalue weighted by Gasteiger charge is 2.27. The second-order valence-electron chi connectivity index (χ2n) is 6.04. The maximum absolute atomic E-state index is 12.7. The highest BCUT2D eigenvalue weighted by molar-refractivity contribution is 8.01. The van der Waals surface area contributed by atoms with Crippen molar-refractivity contribution in [2.75, 3.05) is 31.6 Å². The van der Waals surface area contributed by atoms with Crippen LogP contribution in [-0.4, -0.2) is 60.4 Å². The maximum atomic E-state index is 12.7. The summed E-state index contributed by atoms with van der Waals surface area (Å²) in [5.41, 5.74) is 0.248. The lowest BCUT2D eigenvalue weighted by atomic mass is 10.2. The number of benzene rings is 1. The number of nitrogens with one attached hydrogen (secondary N) is 1. The molecule has 1 aromatic heterocycles. The molecule has 0 spiro atoms. The van der Waals surface area contributed by atoms with Gasteiger partial charge in [-0.2, -0.15) is 4.31 Å². The third-order valence-corrected chi connectivity index (χ3v) is 7.49. The van der Waals surface area contributed by atoms with Gasteiger partial charge in [-0.15, -0.1) is 10.2 Å². The number of nitrogens with zero attached hydrogens (tertiary/aromatic N) is 3. The minimum Gasteiger partial charge on any atom is -0.379 e. The molecule has 1 aliphatic rings. The van der Waals surface area contributed by atoms with E-state index in [1.807, 2.05) is 13.8 Å². The molecule has 2 aromatic rings. The van der Waals surface area contributed by atoms with Crippen molar-refractivity contribution < 1.29 is 17.9 Å². The Balaban J connectivity index is 1.74. The summed E-state index contributed by atoms with van der Waals surface area (Å²) in [7, 11) is -3.66. The molecule has 0 unspecified atom stereocenters. The predicted octanol–water partition coefficient (Wildman–Crippen LogP) is 2.31. The highest BCUT2D eigenvalue weighted by Crippen LogP contribution is 2.28. The van der Waals surface area contributed by atoms with E-state index in [4.69, 9.17) is 4.74 Å². The van der Waals surface area contributed by atoms with Gasteiger partial charge in [0.15, 0.2) is 4.34 Å². The number of carbonyl (C=O) groups is 1. The number of carbonyl (C=O) groups excluding carboxylic acids is 1. The van der Waals surface area contributed by atoms with E-state index in [9.17, 15) is 13.2 Å². The number of thioether (sulfide) groups is 1. The van der Waals surface area contributed by atoms with Crippen LogP contribution in [0.5, 0.6) is 0 Å². The van der Waals surface area contributed by atoms with Gasteiger partial charge < -0.3 is 4.74 Å². The normalized spacial score (nSPS) is 15.8. The van der Waals surface area contributed by atoms with Gasteiger partial charge >= 0.3 is 0 Å². The zero-order valence-corrected chi connectivity index (χ0v) is 17.4. The molecule has 0 radical (unpaired) electrons. The Kier molecular flexibility index (Phi) is 6.48. The van der Waals surface area contributed by atoms with Gasteiger partial charge in [-0.1, -0.05) is 43.0 Å². The monoisotopic (exact) mass is 428 g/mol. The van der Waals surface area contributed by atoms with E-state index in [-0.39, 0.29) is 10.5 Å². The lowest BCUT2D eigenvalue weighted by molar-refractivity contribution is 0.0730. The van der Waals surface area contributed by atoms with Crippen molar-refractivity contribution in [2.24, 2.45) is 0 Å². The molecule has 0 aliphatic carbocycles. The Morgan fingerprint density at radius 3 is 2.74 bits per heavy atom. The number of amides is 1. The topological polar surface area (TPSA) is 101 Å². The van der Waals surface area contributed by atoms with Gasteiger partial charge in [-0.3, -0.25) is 10.1 Å². The van der Waals surface area contributed by atoms with Crippen LogP contribution in [0.4, 0.5) is 5.13 Å². The van der Waals surface area contributed by atoms with Crippen LogP contribution in [0, 0.1) is 0 Å². The van der Waals surface area contributed by atoms with E-state index in [0.717, 1.165) is 4.34 Å². The van der Waals surface area contributed by atoms with Crippen molar-refractivity contribution in [3.05, 3.63) is 29.8 Å². The van der Waals surface area contributed by atoms with Gasteiger partial charge in [0.1, 0.15) is 0 Å². The van der Waals surface area contributed by atoms with Gasteiger partial charge in [-0.25, -0.2) is 8.42 Å². The number of morpholine rings is 1. The maximum Gasteiger partial charge on any atom is 0.257 e. The summed E-state index contributed by atoms with van der Waals surface area (Å²) < 4.78 is 32.8. The van der Waals surface area contributed by atoms with Crippen LogP contribution in [0.3, 0.4) is 0 Å². The van der Waals surface area contributed by atoms with Crippen molar-refractivity contribution in [2.45, 2.75) is 28.3 Å². The van der Waals surface area contributed by atoms with Crippen molar-refractivity contribution in [3.63, 3.8) is 0 Å². The Morgan fingerprint density at radius 1 is 1.30 bits per heavy atom. The molecule has 11 heteroatoms. The minimum atomic E-state index is -3.66. The first-order valence-electron chi connectivity index (χ1n) is 8.36. The van der Waals surface area contributed by atoms with Gasteiger partial charge in [0.2, 0.25) is 15.2 Å². The van der Waals surface area contributed by atoms with Crippen LogP contribution in [-0.2, 0) is 14.8 Å². The fourth-order valence-electron chi connectivity index (χ4n) is 2.41. The first-order chi connectivity index (χ1) is 12.9. The number of anilines is 1. The van der Waals surface area contributed by atoms with E-state index < -0.39 is 15.9 Å². The summed E-state index contributed by atoms with van der Waals surface area (Å²) in [5, 5.41) is 11.4. The summed E-state index contributed by atoms with van der Waals surface area (Å²) in [6.07, 6.45) is 0. The molecule has 1 N–H and O–H groups in total. The van der Waals surface area contributed by atoms with E-state index in [0.29, 0.717) is 36.7 Å². The van der Waals surface area contributed by atoms with E-state index in [1.54, 1.807) is 23.9 Å². The smallest absolute Gasteiger partial charge is 0.257 e. The molecule has 1 amide bonds. The van der Waals surface area contributed by atoms with Crippen molar-refractivity contribution >= 4 is 44.2 Å². The van der Waals surface area contributed by atoms with Crippen LogP contribution in [0.25, 0.3) is 0 Å². The van der Waals surface area contributed by atoms with E-state index >= 15 is 0 Å². The minimum absolute atomic E-state index is 0.0883. The van der Waals surface area contributed by atoms with Crippen LogP contribution in [0.1, 0.15) is 24.2 Å². The Labute approximate surface area is 166 Å². The molecule has 3 rings (SSSR count). The summed E-state index contributed by atoms with van der Waals surface area (Å²) in [6, 6.07) is 6.00. The van der Waals surface area contributed by atoms with E-state index in [1.165, 1.54) is 27.8 Å². The van der Waals surface area contributed by atoms with Crippen LogP contribution >= 0.6 is 23.1 Å². The molecule has 0 atom stereocenters. The fourth-order valence-corrected chi connectivity index (χ4v) is 5.84. The third-order valence-electron chi connectivity index (χ3n) is 3.67. The standard InChI is InChI=1S/C16H20N4O4S3/c1-11(2)25-16-19-18-15(26-16)17-14(21)12-4-3-5-13(10-12)27(22,23)20-6-8-24-9-7-20/h3-5,10-11H,6-9H2,1-2H3,(H,17,18,21). The number of ether oxygens (including phenoxy) is 1. The zero-order valence-electron chi connectivity index (χ0n) is 14.9. The lowest BCUT2D eigenvalue weighted by Gasteiger charge is -2.26. The van der Waals surface area contributed by atoms with Crippen LogP contribution in [0.2, 0.25) is 0 Å². The molecule has 1 fully saturated rings. The molecule has 0 saturated carbocycles. The number of rotatable bonds is 6. The summed E-state index contributed by atoms with van der Waals surface area (Å²) in [4.78, 5) is 12.6. The molecule has 27 heavy (non-hydrogen) atoms. The number of sulfonamides is 1. The van der Waals surface area contributed by atoms with Crippen LogP contribution in [0.15, 0.2) is 33.5 Å². The van der Waals surface area contributed by atoms with Gasteiger partial charge in [-0.05, 0) is 18.2 Å². The second kappa shape index (κ2) is 8.65. The average Bonchev–Trinajstić information content (AvgIpc) is 3.08. The first-order valence-corrected chi connectivity index (χ1v) is 11.5. The third kappa shape index (κ3) is 5.05. The largest absolute Gasteiger partial charge is 0.379 e. The zero-order chi connectivity index (χ0) is 19.4. The molecule has 1 aliphatic heterocycles. The first kappa shape index (κ1) is 20.2. The number of aromatic nitrogens is 2. The molecular weight excluding hydrogens is 408 g/mol. The van der Waals surface area contributed by atoms with Crippen molar-refractivity contribution in [1.82, 2.24) is 14.5 Å².